The van der Waals surface area contributed by atoms with Gasteiger partial charge in [-0.2, -0.15) is 0 Å². The first-order valence-electron chi connectivity index (χ1n) is 9.89. The summed E-state index contributed by atoms with van der Waals surface area (Å²) in [5, 5.41) is 3.59. The molecule has 0 spiro atoms. The minimum atomic E-state index is 0.860. The van der Waals surface area contributed by atoms with Crippen LogP contribution in [-0.4, -0.2) is 21.5 Å². The number of pyridine rings is 1. The molecule has 4 heteroatoms. The highest BCUT2D eigenvalue weighted by Crippen LogP contribution is 2.26. The van der Waals surface area contributed by atoms with E-state index >= 15 is 0 Å². The van der Waals surface area contributed by atoms with Gasteiger partial charge in [0.25, 0.3) is 0 Å². The Labute approximate surface area is 155 Å². The molecule has 1 aliphatic carbocycles. The number of aryl methyl sites for hydroxylation is 1. The van der Waals surface area contributed by atoms with Crippen LogP contribution < -0.4 is 5.32 Å². The molecule has 0 unspecified atom stereocenters. The van der Waals surface area contributed by atoms with E-state index in [1.165, 1.54) is 49.7 Å². The lowest BCUT2D eigenvalue weighted by Gasteiger charge is -2.21. The molecule has 1 aliphatic rings. The second kappa shape index (κ2) is 8.00. The van der Waals surface area contributed by atoms with E-state index in [-0.39, 0.29) is 0 Å². The van der Waals surface area contributed by atoms with Crippen LogP contribution in [0.4, 0.5) is 0 Å². The first-order valence-corrected chi connectivity index (χ1v) is 9.89. The molecule has 2 heterocycles. The Morgan fingerprint density at radius 1 is 1.08 bits per heavy atom. The zero-order chi connectivity index (χ0) is 17.8. The summed E-state index contributed by atoms with van der Waals surface area (Å²) < 4.78 is 0. The monoisotopic (exact) mass is 348 g/mol. The maximum absolute atomic E-state index is 4.72. The smallest absolute Gasteiger partial charge is 0.0931 e. The van der Waals surface area contributed by atoms with Gasteiger partial charge in [-0.1, -0.05) is 38.2 Å². The van der Waals surface area contributed by atoms with Crippen LogP contribution in [0.2, 0.25) is 0 Å². The predicted octanol–water partition coefficient (Wildman–Crippen LogP) is 4.99. The highest BCUT2D eigenvalue weighted by molar-refractivity contribution is 5.81. The van der Waals surface area contributed by atoms with Gasteiger partial charge in [0.1, 0.15) is 0 Å². The highest BCUT2D eigenvalue weighted by Gasteiger charge is 2.12. The van der Waals surface area contributed by atoms with Gasteiger partial charge in [-0.25, -0.2) is 4.98 Å². The van der Waals surface area contributed by atoms with Crippen molar-refractivity contribution in [3.8, 4) is 11.1 Å². The van der Waals surface area contributed by atoms with Crippen LogP contribution in [0.25, 0.3) is 22.2 Å². The third kappa shape index (κ3) is 3.96. The number of aromatic nitrogens is 3. The number of nitrogens with zero attached hydrogens (tertiary/aromatic N) is 2. The SMILES string of the molecule is Cc1cc(-c2ccc3nc[nH]c3c2)cnc1CNCCC1CCCCC1. The molecule has 0 bridgehead atoms. The lowest BCUT2D eigenvalue weighted by Crippen LogP contribution is -2.20. The van der Waals surface area contributed by atoms with Crippen LogP contribution in [0.5, 0.6) is 0 Å². The summed E-state index contributed by atoms with van der Waals surface area (Å²) in [6.45, 7) is 4.12. The second-order valence-electron chi connectivity index (χ2n) is 7.59. The number of imidazole rings is 1. The molecular formula is C22H28N4. The third-order valence-electron chi connectivity index (χ3n) is 5.69. The van der Waals surface area contributed by atoms with Crippen LogP contribution in [0, 0.1) is 12.8 Å². The standard InChI is InChI=1S/C22H28N4/c1-16-11-19(18-7-8-20-21(12-18)26-15-25-20)13-24-22(16)14-23-10-9-17-5-3-2-4-6-17/h7-8,11-13,15,17,23H,2-6,9-10,14H2,1H3,(H,25,26). The number of fused-ring (bicyclic) bond motifs is 1. The molecule has 1 saturated carbocycles. The number of benzene rings is 1. The van der Waals surface area contributed by atoms with Crippen LogP contribution in [-0.2, 0) is 6.54 Å². The van der Waals surface area contributed by atoms with Gasteiger partial charge in [0.15, 0.2) is 0 Å². The second-order valence-corrected chi connectivity index (χ2v) is 7.59. The maximum atomic E-state index is 4.72. The largest absolute Gasteiger partial charge is 0.345 e. The number of rotatable bonds is 6. The predicted molar refractivity (Wildman–Crippen MR) is 107 cm³/mol. The number of nitrogens with one attached hydrogen (secondary N) is 2. The van der Waals surface area contributed by atoms with Crippen molar-refractivity contribution in [2.24, 2.45) is 5.92 Å². The molecule has 0 amide bonds. The molecule has 26 heavy (non-hydrogen) atoms. The van der Waals surface area contributed by atoms with E-state index in [4.69, 9.17) is 4.98 Å². The highest BCUT2D eigenvalue weighted by atomic mass is 14.9. The van der Waals surface area contributed by atoms with Crippen molar-refractivity contribution < 1.29 is 0 Å². The molecule has 4 rings (SSSR count). The van der Waals surface area contributed by atoms with Crippen molar-refractivity contribution in [1.82, 2.24) is 20.3 Å². The van der Waals surface area contributed by atoms with E-state index in [9.17, 15) is 0 Å². The van der Waals surface area contributed by atoms with Crippen LogP contribution >= 0.6 is 0 Å². The molecule has 4 nitrogen and oxygen atoms in total. The minimum Gasteiger partial charge on any atom is -0.345 e. The van der Waals surface area contributed by atoms with E-state index in [2.05, 4.69) is 46.5 Å². The maximum Gasteiger partial charge on any atom is 0.0931 e. The molecule has 3 aromatic rings. The van der Waals surface area contributed by atoms with Crippen molar-refractivity contribution >= 4 is 11.0 Å². The molecule has 0 aliphatic heterocycles. The summed E-state index contributed by atoms with van der Waals surface area (Å²) in [6, 6.07) is 8.54. The molecule has 0 atom stereocenters. The van der Waals surface area contributed by atoms with Crippen molar-refractivity contribution in [2.45, 2.75) is 52.0 Å². The molecule has 0 saturated heterocycles. The summed E-state index contributed by atoms with van der Waals surface area (Å²) in [6.07, 6.45) is 12.2. The average Bonchev–Trinajstić information content (AvgIpc) is 3.15. The number of aromatic amines is 1. The molecule has 2 N–H and O–H groups in total. The van der Waals surface area contributed by atoms with Gasteiger partial charge >= 0.3 is 0 Å². The number of H-pyrrole nitrogens is 1. The van der Waals surface area contributed by atoms with Gasteiger partial charge < -0.3 is 10.3 Å². The van der Waals surface area contributed by atoms with Crippen LogP contribution in [0.1, 0.15) is 49.8 Å². The molecule has 1 aromatic carbocycles. The molecule has 0 radical (unpaired) electrons. The lowest BCUT2D eigenvalue weighted by molar-refractivity contribution is 0.333. The van der Waals surface area contributed by atoms with Gasteiger partial charge in [-0.15, -0.1) is 0 Å². The fourth-order valence-electron chi connectivity index (χ4n) is 4.05. The van der Waals surface area contributed by atoms with Crippen LogP contribution in [0.3, 0.4) is 0 Å². The fraction of sp³-hybridized carbons (Fsp3) is 0.455. The summed E-state index contributed by atoms with van der Waals surface area (Å²) in [5.74, 6) is 0.935. The fourth-order valence-corrected chi connectivity index (χ4v) is 4.05. The third-order valence-corrected chi connectivity index (χ3v) is 5.69. The summed E-state index contributed by atoms with van der Waals surface area (Å²) in [4.78, 5) is 12.2. The summed E-state index contributed by atoms with van der Waals surface area (Å²) in [7, 11) is 0. The van der Waals surface area contributed by atoms with E-state index < -0.39 is 0 Å². The van der Waals surface area contributed by atoms with Crippen LogP contribution in [0.15, 0.2) is 36.8 Å². The molecular weight excluding hydrogens is 320 g/mol. The Bertz CT molecular complexity index is 861. The Balaban J connectivity index is 1.36. The Morgan fingerprint density at radius 3 is 2.81 bits per heavy atom. The van der Waals surface area contributed by atoms with Crippen molar-refractivity contribution in [1.29, 1.82) is 0 Å². The number of hydrogen-bond acceptors (Lipinski definition) is 3. The first kappa shape index (κ1) is 17.2. The van der Waals surface area contributed by atoms with Crippen molar-refractivity contribution in [3.63, 3.8) is 0 Å². The molecule has 2 aromatic heterocycles. The van der Waals surface area contributed by atoms with Gasteiger partial charge in [0, 0.05) is 18.3 Å². The van der Waals surface area contributed by atoms with Gasteiger partial charge in [-0.3, -0.25) is 4.98 Å². The van der Waals surface area contributed by atoms with E-state index in [0.717, 1.165) is 41.3 Å². The summed E-state index contributed by atoms with van der Waals surface area (Å²) >= 11 is 0. The van der Waals surface area contributed by atoms with E-state index in [1.54, 1.807) is 6.33 Å². The zero-order valence-corrected chi connectivity index (χ0v) is 15.6. The Hall–Kier alpha value is -2.20. The number of hydrogen-bond donors (Lipinski definition) is 2. The Morgan fingerprint density at radius 2 is 1.96 bits per heavy atom. The van der Waals surface area contributed by atoms with E-state index in [0.29, 0.717) is 0 Å². The topological polar surface area (TPSA) is 53.6 Å². The molecule has 136 valence electrons. The quantitative estimate of drug-likeness (QED) is 0.617. The molecule has 1 fully saturated rings. The minimum absolute atomic E-state index is 0.860. The zero-order valence-electron chi connectivity index (χ0n) is 15.6. The van der Waals surface area contributed by atoms with E-state index in [1.807, 2.05) is 6.20 Å². The van der Waals surface area contributed by atoms with Gasteiger partial charge in [0.2, 0.25) is 0 Å². The van der Waals surface area contributed by atoms with Crippen molar-refractivity contribution in [3.05, 3.63) is 48.0 Å². The van der Waals surface area contributed by atoms with Crippen molar-refractivity contribution in [2.75, 3.05) is 6.54 Å². The Kier molecular flexibility index (Phi) is 5.30. The van der Waals surface area contributed by atoms with Gasteiger partial charge in [-0.05, 0) is 55.1 Å². The normalized spacial score (nSPS) is 15.6. The lowest BCUT2D eigenvalue weighted by atomic mass is 9.87. The van der Waals surface area contributed by atoms with Gasteiger partial charge in [0.05, 0.1) is 23.1 Å². The average molecular weight is 348 g/mol. The first-order chi connectivity index (χ1) is 12.8. The summed E-state index contributed by atoms with van der Waals surface area (Å²) in [5.41, 5.74) is 6.79.